The minimum Gasteiger partial charge on any atom is -0.398 e. The topological polar surface area (TPSA) is 46.3 Å². The predicted molar refractivity (Wildman–Crippen MR) is 74.6 cm³/mol. The number of para-hydroxylation sites is 1. The second-order valence-electron chi connectivity index (χ2n) is 5.12. The van der Waals surface area contributed by atoms with Gasteiger partial charge in [0.15, 0.2) is 0 Å². The van der Waals surface area contributed by atoms with Crippen molar-refractivity contribution in [2.45, 2.75) is 45.6 Å². The van der Waals surface area contributed by atoms with Crippen molar-refractivity contribution in [2.24, 2.45) is 0 Å². The summed E-state index contributed by atoms with van der Waals surface area (Å²) in [6.45, 7) is 4.95. The molecule has 2 N–H and O–H groups in total. The Morgan fingerprint density at radius 1 is 1.44 bits per heavy atom. The van der Waals surface area contributed by atoms with E-state index in [4.69, 9.17) is 5.73 Å². The average Bonchev–Trinajstić information content (AvgIpc) is 3.17. The third-order valence-corrected chi connectivity index (χ3v) is 3.56. The van der Waals surface area contributed by atoms with Crippen molar-refractivity contribution in [2.75, 3.05) is 12.3 Å². The van der Waals surface area contributed by atoms with Crippen LogP contribution >= 0.6 is 0 Å². The molecule has 0 radical (unpaired) electrons. The van der Waals surface area contributed by atoms with Crippen molar-refractivity contribution < 1.29 is 4.79 Å². The van der Waals surface area contributed by atoms with Crippen LogP contribution < -0.4 is 5.73 Å². The zero-order valence-electron chi connectivity index (χ0n) is 11.3. The lowest BCUT2D eigenvalue weighted by atomic mass is 10.1. The molecule has 0 spiro atoms. The highest BCUT2D eigenvalue weighted by molar-refractivity contribution is 6.00. The van der Waals surface area contributed by atoms with Crippen LogP contribution in [-0.4, -0.2) is 23.4 Å². The monoisotopic (exact) mass is 246 g/mol. The van der Waals surface area contributed by atoms with E-state index < -0.39 is 0 Å². The van der Waals surface area contributed by atoms with E-state index in [1.54, 1.807) is 0 Å². The van der Waals surface area contributed by atoms with Gasteiger partial charge in [0.1, 0.15) is 0 Å². The van der Waals surface area contributed by atoms with Gasteiger partial charge in [0.25, 0.3) is 5.91 Å². The van der Waals surface area contributed by atoms with Crippen molar-refractivity contribution in [1.82, 2.24) is 4.90 Å². The van der Waals surface area contributed by atoms with Gasteiger partial charge in [-0.25, -0.2) is 0 Å². The lowest BCUT2D eigenvalue weighted by Gasteiger charge is -2.23. The molecule has 0 aromatic heterocycles. The summed E-state index contributed by atoms with van der Waals surface area (Å²) in [7, 11) is 0. The number of hydrogen-bond acceptors (Lipinski definition) is 2. The van der Waals surface area contributed by atoms with Crippen LogP contribution in [0.15, 0.2) is 18.2 Å². The fourth-order valence-electron chi connectivity index (χ4n) is 2.19. The van der Waals surface area contributed by atoms with Gasteiger partial charge in [-0.15, -0.1) is 0 Å². The molecule has 2 rings (SSSR count). The molecule has 1 aliphatic carbocycles. The Labute approximate surface area is 109 Å². The van der Waals surface area contributed by atoms with Gasteiger partial charge in [-0.05, 0) is 37.8 Å². The molecule has 1 aromatic rings. The van der Waals surface area contributed by atoms with Gasteiger partial charge in [-0.3, -0.25) is 4.79 Å². The summed E-state index contributed by atoms with van der Waals surface area (Å²) in [5.74, 6) is 0.104. The van der Waals surface area contributed by atoms with E-state index in [9.17, 15) is 4.79 Å². The third-order valence-electron chi connectivity index (χ3n) is 3.56. The summed E-state index contributed by atoms with van der Waals surface area (Å²) in [6, 6.07) is 6.14. The Kier molecular flexibility index (Phi) is 3.90. The first-order valence-corrected chi connectivity index (χ1v) is 6.81. The minimum absolute atomic E-state index is 0.104. The quantitative estimate of drug-likeness (QED) is 0.812. The number of nitrogens with zero attached hydrogens (tertiary/aromatic N) is 1. The molecule has 0 aliphatic heterocycles. The van der Waals surface area contributed by atoms with Crippen molar-refractivity contribution in [3.05, 3.63) is 29.3 Å². The Balaban J connectivity index is 2.19. The minimum atomic E-state index is 0.104. The molecule has 18 heavy (non-hydrogen) atoms. The number of carbonyl (C=O) groups is 1. The van der Waals surface area contributed by atoms with E-state index in [0.717, 1.165) is 37.8 Å². The van der Waals surface area contributed by atoms with E-state index >= 15 is 0 Å². The Morgan fingerprint density at radius 2 is 2.17 bits per heavy atom. The second-order valence-corrected chi connectivity index (χ2v) is 5.12. The lowest BCUT2D eigenvalue weighted by molar-refractivity contribution is 0.0741. The fraction of sp³-hybridized carbons (Fsp3) is 0.533. The Bertz CT molecular complexity index is 438. The first-order valence-electron chi connectivity index (χ1n) is 6.81. The molecule has 1 amide bonds. The zero-order valence-corrected chi connectivity index (χ0v) is 11.3. The van der Waals surface area contributed by atoms with Crippen LogP contribution in [-0.2, 0) is 0 Å². The van der Waals surface area contributed by atoms with Crippen molar-refractivity contribution in [3.8, 4) is 0 Å². The number of rotatable bonds is 5. The smallest absolute Gasteiger partial charge is 0.256 e. The summed E-state index contributed by atoms with van der Waals surface area (Å²) >= 11 is 0. The first-order chi connectivity index (χ1) is 8.65. The first kappa shape index (κ1) is 12.9. The van der Waals surface area contributed by atoms with Gasteiger partial charge in [0.05, 0.1) is 5.56 Å². The van der Waals surface area contributed by atoms with Crippen LogP contribution in [0.5, 0.6) is 0 Å². The van der Waals surface area contributed by atoms with E-state index in [0.29, 0.717) is 17.3 Å². The summed E-state index contributed by atoms with van der Waals surface area (Å²) < 4.78 is 0. The maximum atomic E-state index is 12.6. The largest absolute Gasteiger partial charge is 0.398 e. The number of aryl methyl sites for hydroxylation is 1. The summed E-state index contributed by atoms with van der Waals surface area (Å²) in [6.07, 6.45) is 4.45. The average molecular weight is 246 g/mol. The van der Waals surface area contributed by atoms with Crippen molar-refractivity contribution >= 4 is 11.6 Å². The highest BCUT2D eigenvalue weighted by atomic mass is 16.2. The molecule has 1 aromatic carbocycles. The lowest BCUT2D eigenvalue weighted by Crippen LogP contribution is -2.34. The number of amides is 1. The Hall–Kier alpha value is -1.51. The number of anilines is 1. The molecule has 0 heterocycles. The molecule has 0 saturated heterocycles. The van der Waals surface area contributed by atoms with Gasteiger partial charge in [0.2, 0.25) is 0 Å². The molecule has 3 nitrogen and oxygen atoms in total. The fourth-order valence-corrected chi connectivity index (χ4v) is 2.19. The summed E-state index contributed by atoms with van der Waals surface area (Å²) in [5, 5.41) is 0. The number of unbranched alkanes of at least 4 members (excludes halogenated alkanes) is 1. The van der Waals surface area contributed by atoms with Gasteiger partial charge >= 0.3 is 0 Å². The predicted octanol–water partition coefficient (Wildman–Crippen LogP) is 2.98. The van der Waals surface area contributed by atoms with Gasteiger partial charge in [0, 0.05) is 18.3 Å². The van der Waals surface area contributed by atoms with Crippen molar-refractivity contribution in [3.63, 3.8) is 0 Å². The maximum absolute atomic E-state index is 12.6. The molecular formula is C15H22N2O. The number of benzene rings is 1. The van der Waals surface area contributed by atoms with Crippen LogP contribution in [0.3, 0.4) is 0 Å². The summed E-state index contributed by atoms with van der Waals surface area (Å²) in [4.78, 5) is 14.6. The van der Waals surface area contributed by atoms with E-state index in [1.807, 2.05) is 30.0 Å². The van der Waals surface area contributed by atoms with E-state index in [1.165, 1.54) is 0 Å². The van der Waals surface area contributed by atoms with Gasteiger partial charge in [-0.1, -0.05) is 25.5 Å². The standard InChI is InChI=1S/C15H22N2O/c1-3-4-10-17(12-8-9-12)15(18)13-7-5-6-11(2)14(13)16/h5-7,12H,3-4,8-10,16H2,1-2H3. The highest BCUT2D eigenvalue weighted by Crippen LogP contribution is 2.30. The molecule has 98 valence electrons. The van der Waals surface area contributed by atoms with Gasteiger partial charge in [-0.2, -0.15) is 0 Å². The maximum Gasteiger partial charge on any atom is 0.256 e. The molecule has 3 heteroatoms. The molecule has 1 fully saturated rings. The number of hydrogen-bond donors (Lipinski definition) is 1. The molecular weight excluding hydrogens is 224 g/mol. The van der Waals surface area contributed by atoms with Crippen molar-refractivity contribution in [1.29, 1.82) is 0 Å². The van der Waals surface area contributed by atoms with E-state index in [-0.39, 0.29) is 5.91 Å². The normalized spacial score (nSPS) is 14.6. The molecule has 0 bridgehead atoms. The second kappa shape index (κ2) is 5.42. The van der Waals surface area contributed by atoms with Crippen LogP contribution in [0.25, 0.3) is 0 Å². The van der Waals surface area contributed by atoms with Crippen LogP contribution in [0.1, 0.15) is 48.5 Å². The molecule has 0 atom stereocenters. The third kappa shape index (κ3) is 2.66. The molecule has 1 saturated carbocycles. The number of nitrogen functional groups attached to an aromatic ring is 1. The number of carbonyl (C=O) groups excluding carboxylic acids is 1. The van der Waals surface area contributed by atoms with Crippen LogP contribution in [0.4, 0.5) is 5.69 Å². The molecule has 0 unspecified atom stereocenters. The van der Waals surface area contributed by atoms with E-state index in [2.05, 4.69) is 6.92 Å². The zero-order chi connectivity index (χ0) is 13.1. The van der Waals surface area contributed by atoms with Gasteiger partial charge < -0.3 is 10.6 Å². The van der Waals surface area contributed by atoms with Crippen LogP contribution in [0, 0.1) is 6.92 Å². The van der Waals surface area contributed by atoms with Crippen LogP contribution in [0.2, 0.25) is 0 Å². The number of nitrogens with two attached hydrogens (primary N) is 1. The Morgan fingerprint density at radius 3 is 2.78 bits per heavy atom. The SMILES string of the molecule is CCCCN(C(=O)c1cccc(C)c1N)C1CC1. The molecule has 1 aliphatic rings. The highest BCUT2D eigenvalue weighted by Gasteiger charge is 2.33. The summed E-state index contributed by atoms with van der Waals surface area (Å²) in [5.41, 5.74) is 8.30.